The van der Waals surface area contributed by atoms with Crippen LogP contribution in [0.5, 0.6) is 5.75 Å². The number of benzene rings is 1. The zero-order valence-corrected chi connectivity index (χ0v) is 13.0. The molecule has 21 heavy (non-hydrogen) atoms. The number of rotatable bonds is 4. The molecular weight excluding hydrogens is 262 g/mol. The Morgan fingerprint density at radius 1 is 1.33 bits per heavy atom. The smallest absolute Gasteiger partial charge is 0.201 e. The highest BCUT2D eigenvalue weighted by molar-refractivity contribution is 5.84. The first-order chi connectivity index (χ1) is 10.2. The molecular formula is C17H25N3O. The van der Waals surface area contributed by atoms with Gasteiger partial charge in [-0.05, 0) is 37.8 Å². The Labute approximate surface area is 126 Å². The maximum Gasteiger partial charge on any atom is 0.201 e. The van der Waals surface area contributed by atoms with E-state index in [1.54, 1.807) is 0 Å². The fraction of sp³-hybridized carbons (Fsp3) is 0.588. The van der Waals surface area contributed by atoms with Crippen LogP contribution in [0.1, 0.15) is 52.0 Å². The van der Waals surface area contributed by atoms with Crippen LogP contribution in [-0.2, 0) is 0 Å². The van der Waals surface area contributed by atoms with Gasteiger partial charge in [-0.2, -0.15) is 0 Å². The van der Waals surface area contributed by atoms with Crippen molar-refractivity contribution in [3.8, 4) is 5.75 Å². The second-order valence-corrected chi connectivity index (χ2v) is 5.99. The molecule has 1 aromatic heterocycles. The Hall–Kier alpha value is -1.71. The molecule has 1 aliphatic carbocycles. The van der Waals surface area contributed by atoms with Crippen molar-refractivity contribution in [1.82, 2.24) is 9.55 Å². The number of nitrogens with two attached hydrogens (primary N) is 1. The zero-order chi connectivity index (χ0) is 14.8. The van der Waals surface area contributed by atoms with Crippen molar-refractivity contribution in [3.05, 3.63) is 18.2 Å². The van der Waals surface area contributed by atoms with Crippen molar-refractivity contribution in [3.63, 3.8) is 0 Å². The fourth-order valence-corrected chi connectivity index (χ4v) is 3.63. The highest BCUT2D eigenvalue weighted by Gasteiger charge is 2.25. The molecule has 0 amide bonds. The minimum Gasteiger partial charge on any atom is -0.492 e. The molecule has 0 bridgehead atoms. The van der Waals surface area contributed by atoms with Crippen LogP contribution < -0.4 is 10.5 Å². The van der Waals surface area contributed by atoms with Gasteiger partial charge in [-0.25, -0.2) is 4.98 Å². The number of anilines is 1. The van der Waals surface area contributed by atoms with E-state index < -0.39 is 0 Å². The first kappa shape index (κ1) is 14.2. The summed E-state index contributed by atoms with van der Waals surface area (Å²) in [5.41, 5.74) is 8.24. The van der Waals surface area contributed by atoms with Crippen molar-refractivity contribution in [2.75, 3.05) is 12.3 Å². The lowest BCUT2D eigenvalue weighted by Gasteiger charge is -2.30. The third-order valence-corrected chi connectivity index (χ3v) is 4.71. The number of nitrogens with zero attached hydrogens (tertiary/aromatic N) is 2. The average molecular weight is 287 g/mol. The van der Waals surface area contributed by atoms with Crippen molar-refractivity contribution >= 4 is 17.0 Å². The van der Waals surface area contributed by atoms with Gasteiger partial charge in [0.15, 0.2) is 0 Å². The van der Waals surface area contributed by atoms with E-state index in [2.05, 4.69) is 22.5 Å². The Kier molecular flexibility index (Phi) is 4.04. The van der Waals surface area contributed by atoms with Crippen LogP contribution in [0.25, 0.3) is 11.0 Å². The third-order valence-electron chi connectivity index (χ3n) is 4.71. The summed E-state index contributed by atoms with van der Waals surface area (Å²) < 4.78 is 7.92. The molecule has 114 valence electrons. The van der Waals surface area contributed by atoms with Gasteiger partial charge in [0.1, 0.15) is 11.3 Å². The molecule has 0 saturated heterocycles. The Balaban J connectivity index is 2.02. The van der Waals surface area contributed by atoms with Crippen molar-refractivity contribution in [1.29, 1.82) is 0 Å². The van der Waals surface area contributed by atoms with Gasteiger partial charge in [0.2, 0.25) is 5.95 Å². The van der Waals surface area contributed by atoms with Gasteiger partial charge >= 0.3 is 0 Å². The van der Waals surface area contributed by atoms with E-state index in [4.69, 9.17) is 10.5 Å². The molecule has 1 saturated carbocycles. The summed E-state index contributed by atoms with van der Waals surface area (Å²) in [6.45, 7) is 4.93. The molecule has 0 aliphatic heterocycles. The molecule has 1 heterocycles. The minimum absolute atomic E-state index is 0.477. The Bertz CT molecular complexity index is 620. The van der Waals surface area contributed by atoms with Gasteiger partial charge in [-0.15, -0.1) is 0 Å². The molecule has 0 spiro atoms. The van der Waals surface area contributed by atoms with E-state index in [9.17, 15) is 0 Å². The standard InChI is InChI=1S/C17H25N3O/c1-3-12-7-5-8-13(11-12)20-14-9-6-10-15(21-4-2)16(14)19-17(20)18/h6,9-10,12-13H,3-5,7-8,11H2,1-2H3,(H2,18,19). The van der Waals surface area contributed by atoms with Crippen LogP contribution in [0.3, 0.4) is 0 Å². The number of nitrogen functional groups attached to an aromatic ring is 1. The molecule has 0 radical (unpaired) electrons. The molecule has 4 nitrogen and oxygen atoms in total. The summed E-state index contributed by atoms with van der Waals surface area (Å²) >= 11 is 0. The van der Waals surface area contributed by atoms with E-state index >= 15 is 0 Å². The number of imidazole rings is 1. The first-order valence-corrected chi connectivity index (χ1v) is 8.13. The van der Waals surface area contributed by atoms with Gasteiger partial charge in [0, 0.05) is 6.04 Å². The maximum absolute atomic E-state index is 6.23. The SMILES string of the molecule is CCOc1cccc2c1nc(N)n2C1CCCC(CC)C1. The van der Waals surface area contributed by atoms with Crippen molar-refractivity contribution in [2.45, 2.75) is 52.0 Å². The molecule has 2 unspecified atom stereocenters. The number of hydrogen-bond acceptors (Lipinski definition) is 3. The average Bonchev–Trinajstić information content (AvgIpc) is 2.85. The summed E-state index contributed by atoms with van der Waals surface area (Å²) in [7, 11) is 0. The molecule has 1 aromatic carbocycles. The second-order valence-electron chi connectivity index (χ2n) is 5.99. The predicted octanol–water partition coefficient (Wildman–Crippen LogP) is 4.16. The van der Waals surface area contributed by atoms with Gasteiger partial charge in [-0.3, -0.25) is 0 Å². The maximum atomic E-state index is 6.23. The van der Waals surface area contributed by atoms with Gasteiger partial charge < -0.3 is 15.0 Å². The summed E-state index contributed by atoms with van der Waals surface area (Å²) in [6.07, 6.45) is 6.31. The number of ether oxygens (including phenoxy) is 1. The minimum atomic E-state index is 0.477. The number of aromatic nitrogens is 2. The Morgan fingerprint density at radius 3 is 2.95 bits per heavy atom. The molecule has 3 rings (SSSR count). The zero-order valence-electron chi connectivity index (χ0n) is 13.0. The first-order valence-electron chi connectivity index (χ1n) is 8.13. The molecule has 1 fully saturated rings. The van der Waals surface area contributed by atoms with Gasteiger partial charge in [0.25, 0.3) is 0 Å². The van der Waals surface area contributed by atoms with Gasteiger partial charge in [-0.1, -0.05) is 32.3 Å². The summed E-state index contributed by atoms with van der Waals surface area (Å²) in [6, 6.07) is 6.59. The largest absolute Gasteiger partial charge is 0.492 e. The van der Waals surface area contributed by atoms with E-state index in [-0.39, 0.29) is 0 Å². The Morgan fingerprint density at radius 2 is 2.19 bits per heavy atom. The van der Waals surface area contributed by atoms with Crippen molar-refractivity contribution < 1.29 is 4.74 Å². The number of hydrogen-bond donors (Lipinski definition) is 1. The molecule has 4 heteroatoms. The highest BCUT2D eigenvalue weighted by Crippen LogP contribution is 2.38. The van der Waals surface area contributed by atoms with Gasteiger partial charge in [0.05, 0.1) is 12.1 Å². The lowest BCUT2D eigenvalue weighted by molar-refractivity contribution is 0.267. The van der Waals surface area contributed by atoms with E-state index in [0.717, 1.165) is 22.7 Å². The van der Waals surface area contributed by atoms with Crippen LogP contribution >= 0.6 is 0 Å². The summed E-state index contributed by atoms with van der Waals surface area (Å²) in [5, 5.41) is 0. The predicted molar refractivity (Wildman–Crippen MR) is 86.6 cm³/mol. The van der Waals surface area contributed by atoms with Crippen LogP contribution in [0.4, 0.5) is 5.95 Å². The number of fused-ring (bicyclic) bond motifs is 1. The fourth-order valence-electron chi connectivity index (χ4n) is 3.63. The van der Waals surface area contributed by atoms with E-state index in [1.807, 2.05) is 19.1 Å². The summed E-state index contributed by atoms with van der Waals surface area (Å²) in [4.78, 5) is 4.57. The second kappa shape index (κ2) is 5.96. The molecule has 2 N–H and O–H groups in total. The number of para-hydroxylation sites is 1. The normalized spacial score (nSPS) is 22.6. The van der Waals surface area contributed by atoms with Crippen LogP contribution in [-0.4, -0.2) is 16.2 Å². The van der Waals surface area contributed by atoms with E-state index in [0.29, 0.717) is 18.6 Å². The van der Waals surface area contributed by atoms with Crippen LogP contribution in [0.15, 0.2) is 18.2 Å². The lowest BCUT2D eigenvalue weighted by Crippen LogP contribution is -2.20. The quantitative estimate of drug-likeness (QED) is 0.918. The third kappa shape index (κ3) is 2.59. The summed E-state index contributed by atoms with van der Waals surface area (Å²) in [5.74, 6) is 2.28. The van der Waals surface area contributed by atoms with Crippen molar-refractivity contribution in [2.24, 2.45) is 5.92 Å². The highest BCUT2D eigenvalue weighted by atomic mass is 16.5. The topological polar surface area (TPSA) is 53.1 Å². The van der Waals surface area contributed by atoms with Crippen LogP contribution in [0, 0.1) is 5.92 Å². The lowest BCUT2D eigenvalue weighted by atomic mass is 9.84. The molecule has 2 aromatic rings. The monoisotopic (exact) mass is 287 g/mol. The van der Waals surface area contributed by atoms with Crippen LogP contribution in [0.2, 0.25) is 0 Å². The van der Waals surface area contributed by atoms with E-state index in [1.165, 1.54) is 32.1 Å². The molecule has 1 aliphatic rings. The molecule has 2 atom stereocenters.